The van der Waals surface area contributed by atoms with Crippen molar-refractivity contribution in [1.82, 2.24) is 10.9 Å². The highest BCUT2D eigenvalue weighted by Crippen LogP contribution is 2.05. The third-order valence-corrected chi connectivity index (χ3v) is 4.48. The number of hydrazone groups is 2. The van der Waals surface area contributed by atoms with Crippen molar-refractivity contribution in [2.24, 2.45) is 10.2 Å². The van der Waals surface area contributed by atoms with Gasteiger partial charge in [-0.15, -0.1) is 0 Å². The predicted octanol–water partition coefficient (Wildman–Crippen LogP) is 3.08. The van der Waals surface area contributed by atoms with E-state index >= 15 is 0 Å². The first-order valence-electron chi connectivity index (χ1n) is 8.75. The van der Waals surface area contributed by atoms with Crippen LogP contribution in [0.1, 0.15) is 24.0 Å². The number of amides is 2. The van der Waals surface area contributed by atoms with Crippen molar-refractivity contribution < 1.29 is 18.4 Å². The third-order valence-electron chi connectivity index (χ3n) is 3.49. The van der Waals surface area contributed by atoms with Crippen LogP contribution in [-0.2, 0) is 9.59 Å². The van der Waals surface area contributed by atoms with Crippen LogP contribution in [0.4, 0.5) is 8.78 Å². The fourth-order valence-electron chi connectivity index (χ4n) is 2.00. The van der Waals surface area contributed by atoms with Gasteiger partial charge in [0.1, 0.15) is 11.6 Å². The van der Waals surface area contributed by atoms with Crippen molar-refractivity contribution >= 4 is 36.0 Å². The summed E-state index contributed by atoms with van der Waals surface area (Å²) < 4.78 is 25.5. The second-order valence-electron chi connectivity index (χ2n) is 5.80. The molecule has 2 aromatic rings. The van der Waals surface area contributed by atoms with E-state index in [4.69, 9.17) is 0 Å². The molecule has 0 bridgehead atoms. The van der Waals surface area contributed by atoms with Gasteiger partial charge in [-0.2, -0.15) is 22.0 Å². The highest BCUT2D eigenvalue weighted by atomic mass is 32.2. The lowest BCUT2D eigenvalue weighted by Gasteiger charge is -2.01. The smallest absolute Gasteiger partial charge is 0.240 e. The molecule has 0 unspecified atom stereocenters. The number of carbonyl (C=O) groups is 2. The molecule has 0 aliphatic carbocycles. The lowest BCUT2D eigenvalue weighted by Crippen LogP contribution is -2.19. The van der Waals surface area contributed by atoms with Crippen LogP contribution >= 0.6 is 11.8 Å². The number of halogens is 2. The van der Waals surface area contributed by atoms with Crippen molar-refractivity contribution in [1.29, 1.82) is 0 Å². The summed E-state index contributed by atoms with van der Waals surface area (Å²) in [4.78, 5) is 23.3. The molecular formula is C20H20F2N4O2S. The van der Waals surface area contributed by atoms with Gasteiger partial charge in [0.2, 0.25) is 11.8 Å². The Morgan fingerprint density at radius 1 is 0.759 bits per heavy atom. The molecule has 0 fully saturated rings. The molecule has 0 radical (unpaired) electrons. The number of nitrogens with one attached hydrogen (secondary N) is 2. The average molecular weight is 418 g/mol. The molecule has 29 heavy (non-hydrogen) atoms. The number of rotatable bonds is 10. The largest absolute Gasteiger partial charge is 0.273 e. The van der Waals surface area contributed by atoms with E-state index in [1.807, 2.05) is 0 Å². The van der Waals surface area contributed by atoms with E-state index in [1.54, 1.807) is 24.3 Å². The zero-order valence-corrected chi connectivity index (χ0v) is 16.3. The summed E-state index contributed by atoms with van der Waals surface area (Å²) >= 11 is 1.46. The van der Waals surface area contributed by atoms with Crippen LogP contribution in [0.15, 0.2) is 58.7 Å². The van der Waals surface area contributed by atoms with E-state index in [-0.39, 0.29) is 36.3 Å². The molecule has 152 valence electrons. The molecular weight excluding hydrogens is 398 g/mol. The Kier molecular flexibility index (Phi) is 9.50. The van der Waals surface area contributed by atoms with Gasteiger partial charge in [0.15, 0.2) is 0 Å². The third kappa shape index (κ3) is 9.61. The maximum atomic E-state index is 12.8. The van der Waals surface area contributed by atoms with Gasteiger partial charge in [-0.25, -0.2) is 19.6 Å². The summed E-state index contributed by atoms with van der Waals surface area (Å²) in [6.07, 6.45) is 3.38. The van der Waals surface area contributed by atoms with E-state index in [0.29, 0.717) is 22.6 Å². The first-order valence-corrected chi connectivity index (χ1v) is 9.91. The van der Waals surface area contributed by atoms with E-state index in [9.17, 15) is 18.4 Å². The van der Waals surface area contributed by atoms with Gasteiger partial charge in [-0.1, -0.05) is 24.3 Å². The Morgan fingerprint density at radius 3 is 1.52 bits per heavy atom. The highest BCUT2D eigenvalue weighted by Gasteiger charge is 2.02. The van der Waals surface area contributed by atoms with Crippen molar-refractivity contribution in [3.8, 4) is 0 Å². The molecule has 0 aliphatic rings. The Balaban J connectivity index is 1.53. The van der Waals surface area contributed by atoms with Gasteiger partial charge in [0.05, 0.1) is 12.4 Å². The molecule has 2 N–H and O–H groups in total. The highest BCUT2D eigenvalue weighted by molar-refractivity contribution is 7.99. The molecule has 9 heteroatoms. The zero-order valence-electron chi connectivity index (χ0n) is 15.5. The Hall–Kier alpha value is -3.07. The molecule has 0 heterocycles. The standard InChI is InChI=1S/C20H20F2N4O2S/c21-17-5-1-15(2-6-17)13-23-25-19(27)9-11-29-12-10-20(28)26-24-14-16-3-7-18(22)8-4-16/h1-8,13-14H,9-12H2,(H,25,27)(H,26,28)/b23-13+,24-14?. The Bertz CT molecular complexity index is 784. The van der Waals surface area contributed by atoms with Crippen LogP contribution in [0.25, 0.3) is 0 Å². The summed E-state index contributed by atoms with van der Waals surface area (Å²) in [5.74, 6) is -0.0739. The minimum Gasteiger partial charge on any atom is -0.273 e. The first kappa shape index (κ1) is 22.2. The van der Waals surface area contributed by atoms with Crippen LogP contribution in [0.3, 0.4) is 0 Å². The van der Waals surface area contributed by atoms with Gasteiger partial charge in [-0.05, 0) is 35.4 Å². The van der Waals surface area contributed by atoms with Crippen molar-refractivity contribution in [2.45, 2.75) is 12.8 Å². The van der Waals surface area contributed by atoms with E-state index in [0.717, 1.165) is 0 Å². The van der Waals surface area contributed by atoms with Crippen LogP contribution < -0.4 is 10.9 Å². The van der Waals surface area contributed by atoms with Crippen molar-refractivity contribution in [3.05, 3.63) is 71.3 Å². The minimum atomic E-state index is -0.337. The quantitative estimate of drug-likeness (QED) is 0.353. The van der Waals surface area contributed by atoms with Crippen LogP contribution in [0.2, 0.25) is 0 Å². The van der Waals surface area contributed by atoms with Gasteiger partial charge < -0.3 is 0 Å². The SMILES string of the molecule is O=C(CCSCCC(=O)N/N=C/c1ccc(F)cc1)NN=Cc1ccc(F)cc1. The summed E-state index contributed by atoms with van der Waals surface area (Å²) in [6, 6.07) is 11.4. The monoisotopic (exact) mass is 418 g/mol. The molecule has 0 aliphatic heterocycles. The molecule has 0 aromatic heterocycles. The fourth-order valence-corrected chi connectivity index (χ4v) is 2.86. The number of carbonyl (C=O) groups excluding carboxylic acids is 2. The lowest BCUT2D eigenvalue weighted by molar-refractivity contribution is -0.121. The predicted molar refractivity (Wildman–Crippen MR) is 111 cm³/mol. The number of thioether (sulfide) groups is 1. The molecule has 2 aromatic carbocycles. The van der Waals surface area contributed by atoms with E-state index in [1.165, 1.54) is 48.5 Å². The summed E-state index contributed by atoms with van der Waals surface area (Å²) in [7, 11) is 0. The number of benzene rings is 2. The maximum Gasteiger partial charge on any atom is 0.240 e. The molecule has 0 saturated heterocycles. The van der Waals surface area contributed by atoms with Crippen LogP contribution in [0, 0.1) is 11.6 Å². The molecule has 0 atom stereocenters. The van der Waals surface area contributed by atoms with Gasteiger partial charge in [-0.3, -0.25) is 9.59 Å². The van der Waals surface area contributed by atoms with Crippen LogP contribution in [-0.4, -0.2) is 35.7 Å². The molecule has 0 spiro atoms. The van der Waals surface area contributed by atoms with Gasteiger partial charge in [0.25, 0.3) is 0 Å². The first-order chi connectivity index (χ1) is 14.0. The molecule has 0 saturated carbocycles. The number of nitrogens with zero attached hydrogens (tertiary/aromatic N) is 2. The number of hydrogen-bond donors (Lipinski definition) is 2. The van der Waals surface area contributed by atoms with Crippen molar-refractivity contribution in [3.63, 3.8) is 0 Å². The zero-order chi connectivity index (χ0) is 20.9. The molecule has 6 nitrogen and oxygen atoms in total. The lowest BCUT2D eigenvalue weighted by atomic mass is 10.2. The molecule has 2 amide bonds. The molecule has 2 rings (SSSR count). The normalized spacial score (nSPS) is 11.1. The van der Waals surface area contributed by atoms with Crippen LogP contribution in [0.5, 0.6) is 0 Å². The summed E-state index contributed by atoms with van der Waals surface area (Å²) in [5.41, 5.74) is 6.14. The van der Waals surface area contributed by atoms with Gasteiger partial charge in [0, 0.05) is 24.3 Å². The minimum absolute atomic E-state index is 0.246. The van der Waals surface area contributed by atoms with Crippen molar-refractivity contribution in [2.75, 3.05) is 11.5 Å². The Labute approximate surface area is 171 Å². The second-order valence-corrected chi connectivity index (χ2v) is 7.03. The fraction of sp³-hybridized carbons (Fsp3) is 0.200. The topological polar surface area (TPSA) is 82.9 Å². The maximum absolute atomic E-state index is 12.8. The average Bonchev–Trinajstić information content (AvgIpc) is 2.71. The number of hydrogen-bond acceptors (Lipinski definition) is 5. The second kappa shape index (κ2) is 12.4. The van der Waals surface area contributed by atoms with Gasteiger partial charge >= 0.3 is 0 Å². The summed E-state index contributed by atoms with van der Waals surface area (Å²) in [5, 5.41) is 7.61. The van der Waals surface area contributed by atoms with E-state index < -0.39 is 0 Å². The Morgan fingerprint density at radius 2 is 1.14 bits per heavy atom. The van der Waals surface area contributed by atoms with E-state index in [2.05, 4.69) is 21.1 Å². The summed E-state index contributed by atoms with van der Waals surface area (Å²) in [6.45, 7) is 0.